The Labute approximate surface area is 194 Å². The molecule has 0 bridgehead atoms. The van der Waals surface area contributed by atoms with Crippen molar-refractivity contribution in [3.05, 3.63) is 96.4 Å². The van der Waals surface area contributed by atoms with Crippen LogP contribution in [0, 0.1) is 5.82 Å². The molecular formula is C28H29FN4. The molecule has 168 valence electrons. The van der Waals surface area contributed by atoms with E-state index in [4.69, 9.17) is 5.10 Å². The summed E-state index contributed by atoms with van der Waals surface area (Å²) in [5, 5.41) is 4.72. The molecule has 1 unspecified atom stereocenters. The third kappa shape index (κ3) is 4.47. The Morgan fingerprint density at radius 1 is 0.909 bits per heavy atom. The van der Waals surface area contributed by atoms with Crippen molar-refractivity contribution in [2.45, 2.75) is 19.0 Å². The third-order valence-electron chi connectivity index (χ3n) is 6.56. The average molecular weight is 441 g/mol. The zero-order chi connectivity index (χ0) is 22.8. The minimum absolute atomic E-state index is 0.228. The number of benzene rings is 3. The second-order valence-electron chi connectivity index (χ2n) is 8.96. The highest BCUT2D eigenvalue weighted by molar-refractivity contribution is 5.68. The Balaban J connectivity index is 1.51. The Morgan fingerprint density at radius 3 is 2.30 bits per heavy atom. The molecule has 1 saturated heterocycles. The van der Waals surface area contributed by atoms with E-state index in [2.05, 4.69) is 60.3 Å². The van der Waals surface area contributed by atoms with E-state index in [0.717, 1.165) is 48.6 Å². The fourth-order valence-corrected chi connectivity index (χ4v) is 4.68. The molecule has 4 nitrogen and oxygen atoms in total. The summed E-state index contributed by atoms with van der Waals surface area (Å²) in [4.78, 5) is 4.73. The van der Waals surface area contributed by atoms with Gasteiger partial charge < -0.3 is 4.90 Å². The molecule has 5 heteroatoms. The first-order chi connectivity index (χ1) is 16.1. The topological polar surface area (TPSA) is 24.3 Å². The third-order valence-corrected chi connectivity index (χ3v) is 6.56. The summed E-state index contributed by atoms with van der Waals surface area (Å²) in [5.74, 6) is -0.228. The van der Waals surface area contributed by atoms with Crippen molar-refractivity contribution >= 4 is 0 Å². The SMILES string of the molecule is CN(C)C1CCN(Cc2cnn(-c3ccc(-c4ccccc4)cc3)c2-c2ccccc2F)C1. The van der Waals surface area contributed by atoms with Crippen molar-refractivity contribution in [3.8, 4) is 28.1 Å². The number of halogens is 1. The van der Waals surface area contributed by atoms with Gasteiger partial charge in [-0.2, -0.15) is 5.10 Å². The predicted molar refractivity (Wildman–Crippen MR) is 132 cm³/mol. The van der Waals surface area contributed by atoms with Crippen molar-refractivity contribution < 1.29 is 4.39 Å². The van der Waals surface area contributed by atoms with E-state index in [0.29, 0.717) is 11.6 Å². The smallest absolute Gasteiger partial charge is 0.132 e. The van der Waals surface area contributed by atoms with Crippen LogP contribution in [0.15, 0.2) is 85.1 Å². The predicted octanol–water partition coefficient (Wildman–Crippen LogP) is 5.48. The summed E-state index contributed by atoms with van der Waals surface area (Å²) >= 11 is 0. The number of hydrogen-bond donors (Lipinski definition) is 0. The Bertz CT molecular complexity index is 1210. The lowest BCUT2D eigenvalue weighted by Gasteiger charge is -2.20. The van der Waals surface area contributed by atoms with E-state index in [-0.39, 0.29) is 5.82 Å². The molecule has 4 aromatic rings. The first-order valence-electron chi connectivity index (χ1n) is 11.5. The molecule has 0 radical (unpaired) electrons. The molecular weight excluding hydrogens is 411 g/mol. The summed E-state index contributed by atoms with van der Waals surface area (Å²) in [5.41, 5.74) is 5.70. The zero-order valence-corrected chi connectivity index (χ0v) is 19.2. The second kappa shape index (κ2) is 9.30. The molecule has 1 atom stereocenters. The van der Waals surface area contributed by atoms with E-state index in [1.165, 1.54) is 11.6 Å². The highest BCUT2D eigenvalue weighted by Crippen LogP contribution is 2.31. The van der Waals surface area contributed by atoms with Gasteiger partial charge in [-0.25, -0.2) is 9.07 Å². The summed E-state index contributed by atoms with van der Waals surface area (Å²) in [7, 11) is 4.27. The van der Waals surface area contributed by atoms with E-state index in [9.17, 15) is 4.39 Å². The first-order valence-corrected chi connectivity index (χ1v) is 11.5. The molecule has 0 aliphatic carbocycles. The number of likely N-dealkylation sites (N-methyl/N-ethyl adjacent to an activating group) is 1. The van der Waals surface area contributed by atoms with Gasteiger partial charge in [-0.15, -0.1) is 0 Å². The van der Waals surface area contributed by atoms with E-state index in [1.807, 2.05) is 41.2 Å². The van der Waals surface area contributed by atoms with Crippen molar-refractivity contribution in [1.29, 1.82) is 0 Å². The normalized spacial score (nSPS) is 16.5. The van der Waals surface area contributed by atoms with Crippen LogP contribution in [-0.2, 0) is 6.54 Å². The zero-order valence-electron chi connectivity index (χ0n) is 19.2. The largest absolute Gasteiger partial charge is 0.305 e. The quantitative estimate of drug-likeness (QED) is 0.397. The summed E-state index contributed by atoms with van der Waals surface area (Å²) in [6, 6.07) is 26.1. The molecule has 1 aliphatic rings. The maximum atomic E-state index is 14.9. The monoisotopic (exact) mass is 440 g/mol. The van der Waals surface area contributed by atoms with Crippen molar-refractivity contribution in [1.82, 2.24) is 19.6 Å². The molecule has 5 rings (SSSR count). The van der Waals surface area contributed by atoms with E-state index < -0.39 is 0 Å². The van der Waals surface area contributed by atoms with Crippen LogP contribution in [-0.4, -0.2) is 52.8 Å². The second-order valence-corrected chi connectivity index (χ2v) is 8.96. The van der Waals surface area contributed by atoms with Gasteiger partial charge in [-0.3, -0.25) is 4.90 Å². The molecule has 1 aliphatic heterocycles. The molecule has 0 saturated carbocycles. The number of aromatic nitrogens is 2. The lowest BCUT2D eigenvalue weighted by atomic mass is 10.0. The number of likely N-dealkylation sites (tertiary alicyclic amines) is 1. The highest BCUT2D eigenvalue weighted by atomic mass is 19.1. The molecule has 33 heavy (non-hydrogen) atoms. The molecule has 3 aromatic carbocycles. The maximum Gasteiger partial charge on any atom is 0.132 e. The average Bonchev–Trinajstić information content (AvgIpc) is 3.48. The van der Waals surface area contributed by atoms with Crippen LogP contribution in [0.2, 0.25) is 0 Å². The first kappa shape index (κ1) is 21.6. The van der Waals surface area contributed by atoms with Crippen LogP contribution in [0.3, 0.4) is 0 Å². The van der Waals surface area contributed by atoms with Crippen LogP contribution >= 0.6 is 0 Å². The van der Waals surface area contributed by atoms with Gasteiger partial charge in [0.2, 0.25) is 0 Å². The van der Waals surface area contributed by atoms with Gasteiger partial charge in [0.25, 0.3) is 0 Å². The standard InChI is InChI=1S/C28H29FN4/c1-31(2)25-16-17-32(20-25)19-23-18-30-33(28(23)26-10-6-7-11-27(26)29)24-14-12-22(13-15-24)21-8-4-3-5-9-21/h3-15,18,25H,16-17,19-20H2,1-2H3. The Morgan fingerprint density at radius 2 is 1.61 bits per heavy atom. The fourth-order valence-electron chi connectivity index (χ4n) is 4.68. The van der Waals surface area contributed by atoms with Crippen LogP contribution in [0.4, 0.5) is 4.39 Å². The molecule has 1 fully saturated rings. The number of nitrogens with zero attached hydrogens (tertiary/aromatic N) is 4. The number of rotatable bonds is 6. The Hall–Kier alpha value is -3.28. The van der Waals surface area contributed by atoms with Crippen LogP contribution in [0.1, 0.15) is 12.0 Å². The lowest BCUT2D eigenvalue weighted by molar-refractivity contribution is 0.265. The minimum atomic E-state index is -0.228. The van der Waals surface area contributed by atoms with Crippen LogP contribution in [0.25, 0.3) is 28.1 Å². The van der Waals surface area contributed by atoms with E-state index in [1.54, 1.807) is 6.07 Å². The lowest BCUT2D eigenvalue weighted by Crippen LogP contribution is -2.31. The van der Waals surface area contributed by atoms with Crippen molar-refractivity contribution in [3.63, 3.8) is 0 Å². The number of hydrogen-bond acceptors (Lipinski definition) is 3. The van der Waals surface area contributed by atoms with Gasteiger partial charge in [0.05, 0.1) is 17.6 Å². The molecule has 0 N–H and O–H groups in total. The van der Waals surface area contributed by atoms with Gasteiger partial charge in [0.1, 0.15) is 5.82 Å². The van der Waals surface area contributed by atoms with Crippen LogP contribution in [0.5, 0.6) is 0 Å². The summed E-state index contributed by atoms with van der Waals surface area (Å²) < 4.78 is 16.8. The van der Waals surface area contributed by atoms with Crippen molar-refractivity contribution in [2.24, 2.45) is 0 Å². The molecule has 1 aromatic heterocycles. The van der Waals surface area contributed by atoms with Gasteiger partial charge in [0, 0.05) is 36.8 Å². The Kier molecular flexibility index (Phi) is 6.07. The van der Waals surface area contributed by atoms with Crippen LogP contribution < -0.4 is 0 Å². The maximum absolute atomic E-state index is 14.9. The van der Waals surface area contributed by atoms with Gasteiger partial charge in [0.15, 0.2) is 0 Å². The van der Waals surface area contributed by atoms with E-state index >= 15 is 0 Å². The molecule has 2 heterocycles. The van der Waals surface area contributed by atoms with Gasteiger partial charge in [-0.1, -0.05) is 54.6 Å². The highest BCUT2D eigenvalue weighted by Gasteiger charge is 2.26. The van der Waals surface area contributed by atoms with Gasteiger partial charge in [-0.05, 0) is 55.9 Å². The van der Waals surface area contributed by atoms with Gasteiger partial charge >= 0.3 is 0 Å². The molecule has 0 amide bonds. The van der Waals surface area contributed by atoms with Crippen molar-refractivity contribution in [2.75, 3.05) is 27.2 Å². The summed E-state index contributed by atoms with van der Waals surface area (Å²) in [6.45, 7) is 2.81. The minimum Gasteiger partial charge on any atom is -0.305 e. The fraction of sp³-hybridized carbons (Fsp3) is 0.250. The summed E-state index contributed by atoms with van der Waals surface area (Å²) in [6.07, 6.45) is 3.05. The molecule has 0 spiro atoms.